The summed E-state index contributed by atoms with van der Waals surface area (Å²) in [5, 5.41) is 8.99. The first-order valence-electron chi connectivity index (χ1n) is 7.70. The molecule has 1 atom stereocenters. The molecule has 2 saturated heterocycles. The lowest BCUT2D eigenvalue weighted by molar-refractivity contribution is -0.141. The van der Waals surface area contributed by atoms with Gasteiger partial charge in [-0.15, -0.1) is 24.8 Å². The van der Waals surface area contributed by atoms with Gasteiger partial charge in [0.25, 0.3) is 5.91 Å². The number of carbonyl (C=O) groups is 2. The van der Waals surface area contributed by atoms with Gasteiger partial charge in [0.15, 0.2) is 0 Å². The van der Waals surface area contributed by atoms with Gasteiger partial charge < -0.3 is 19.6 Å². The van der Waals surface area contributed by atoms with Gasteiger partial charge in [-0.05, 0) is 24.6 Å². The van der Waals surface area contributed by atoms with E-state index < -0.39 is 17.7 Å². The highest BCUT2D eigenvalue weighted by Crippen LogP contribution is 2.24. The van der Waals surface area contributed by atoms with Gasteiger partial charge in [0.05, 0.1) is 24.8 Å². The Bertz CT molecular complexity index is 626. The van der Waals surface area contributed by atoms with Crippen LogP contribution in [0.25, 0.3) is 0 Å². The predicted molar refractivity (Wildman–Crippen MR) is 95.6 cm³/mol. The molecule has 0 saturated carbocycles. The molecular formula is C16H21Cl2FN2O4. The minimum atomic E-state index is -0.894. The van der Waals surface area contributed by atoms with E-state index in [9.17, 15) is 14.0 Å². The topological polar surface area (TPSA) is 70.1 Å². The lowest BCUT2D eigenvalue weighted by atomic mass is 10.1. The summed E-state index contributed by atoms with van der Waals surface area (Å²) in [5.41, 5.74) is 0.722. The first-order valence-corrected chi connectivity index (χ1v) is 7.70. The Labute approximate surface area is 157 Å². The highest BCUT2D eigenvalue weighted by molar-refractivity contribution is 5.95. The first-order chi connectivity index (χ1) is 11.1. The van der Waals surface area contributed by atoms with Gasteiger partial charge in [-0.2, -0.15) is 0 Å². The Morgan fingerprint density at radius 3 is 2.40 bits per heavy atom. The van der Waals surface area contributed by atoms with Gasteiger partial charge in [-0.25, -0.2) is 4.39 Å². The Morgan fingerprint density at radius 2 is 1.84 bits per heavy atom. The minimum absolute atomic E-state index is 0. The number of morpholine rings is 1. The normalized spacial score (nSPS) is 19.8. The number of rotatable bonds is 3. The van der Waals surface area contributed by atoms with Gasteiger partial charge in [0, 0.05) is 31.7 Å². The van der Waals surface area contributed by atoms with E-state index in [0.717, 1.165) is 0 Å². The molecule has 1 unspecified atom stereocenters. The largest absolute Gasteiger partial charge is 0.481 e. The molecule has 140 valence electrons. The lowest BCUT2D eigenvalue weighted by Gasteiger charge is -2.29. The van der Waals surface area contributed by atoms with Crippen molar-refractivity contribution in [2.75, 3.05) is 44.3 Å². The SMILES string of the molecule is Cl.Cl.O=C(O)C1CCN(C(=O)c2ccc(N3CCOCC3)c(F)c2)C1. The van der Waals surface area contributed by atoms with Crippen LogP contribution in [0.4, 0.5) is 10.1 Å². The maximum absolute atomic E-state index is 14.3. The summed E-state index contributed by atoms with van der Waals surface area (Å²) >= 11 is 0. The van der Waals surface area contributed by atoms with Gasteiger partial charge in [-0.1, -0.05) is 0 Å². The molecule has 0 aliphatic carbocycles. The van der Waals surface area contributed by atoms with Gasteiger partial charge >= 0.3 is 5.97 Å². The van der Waals surface area contributed by atoms with Crippen LogP contribution in [0, 0.1) is 11.7 Å². The number of carbonyl (C=O) groups excluding carboxylic acids is 1. The molecule has 0 bridgehead atoms. The Balaban J connectivity index is 0.00000156. The Hall–Kier alpha value is -1.57. The van der Waals surface area contributed by atoms with E-state index in [1.165, 1.54) is 11.0 Å². The fourth-order valence-corrected chi connectivity index (χ4v) is 3.03. The second-order valence-electron chi connectivity index (χ2n) is 5.84. The van der Waals surface area contributed by atoms with E-state index in [0.29, 0.717) is 45.0 Å². The third-order valence-corrected chi connectivity index (χ3v) is 4.37. The molecule has 25 heavy (non-hydrogen) atoms. The number of nitrogens with zero attached hydrogens (tertiary/aromatic N) is 2. The number of anilines is 1. The predicted octanol–water partition coefficient (Wildman–Crippen LogP) is 2.05. The fraction of sp³-hybridized carbons (Fsp3) is 0.500. The molecule has 1 aromatic carbocycles. The minimum Gasteiger partial charge on any atom is -0.481 e. The molecule has 9 heteroatoms. The molecule has 1 N–H and O–H groups in total. The Kier molecular flexibility index (Phi) is 7.92. The van der Waals surface area contributed by atoms with Crippen LogP contribution in [-0.2, 0) is 9.53 Å². The van der Waals surface area contributed by atoms with Crippen LogP contribution in [0.3, 0.4) is 0 Å². The van der Waals surface area contributed by atoms with Crippen molar-refractivity contribution in [3.63, 3.8) is 0 Å². The van der Waals surface area contributed by atoms with E-state index >= 15 is 0 Å². The summed E-state index contributed by atoms with van der Waals surface area (Å²) in [4.78, 5) is 26.7. The van der Waals surface area contributed by atoms with Crippen molar-refractivity contribution in [1.29, 1.82) is 0 Å². The van der Waals surface area contributed by atoms with E-state index in [4.69, 9.17) is 9.84 Å². The molecule has 0 aromatic heterocycles. The molecule has 6 nitrogen and oxygen atoms in total. The zero-order valence-electron chi connectivity index (χ0n) is 13.5. The van der Waals surface area contributed by atoms with E-state index in [1.807, 2.05) is 4.90 Å². The van der Waals surface area contributed by atoms with Crippen LogP contribution in [0.5, 0.6) is 0 Å². The number of benzene rings is 1. The number of halogens is 3. The second kappa shape index (κ2) is 9.22. The number of aliphatic carboxylic acids is 1. The summed E-state index contributed by atoms with van der Waals surface area (Å²) in [6.07, 6.45) is 0.440. The number of carboxylic acids is 1. The lowest BCUT2D eigenvalue weighted by Crippen LogP contribution is -2.37. The molecular weight excluding hydrogens is 374 g/mol. The fourth-order valence-electron chi connectivity index (χ4n) is 3.03. The molecule has 1 aromatic rings. The molecule has 3 rings (SSSR count). The maximum Gasteiger partial charge on any atom is 0.308 e. The maximum atomic E-state index is 14.3. The number of amides is 1. The third-order valence-electron chi connectivity index (χ3n) is 4.37. The smallest absolute Gasteiger partial charge is 0.308 e. The van der Waals surface area contributed by atoms with Crippen molar-refractivity contribution in [1.82, 2.24) is 4.90 Å². The third kappa shape index (κ3) is 4.74. The molecule has 2 aliphatic heterocycles. The van der Waals surface area contributed by atoms with Crippen molar-refractivity contribution < 1.29 is 23.8 Å². The van der Waals surface area contributed by atoms with E-state index in [-0.39, 0.29) is 42.8 Å². The second-order valence-corrected chi connectivity index (χ2v) is 5.84. The quantitative estimate of drug-likeness (QED) is 0.849. The van der Waals surface area contributed by atoms with Crippen molar-refractivity contribution in [2.24, 2.45) is 5.92 Å². The summed E-state index contributed by atoms with van der Waals surface area (Å²) < 4.78 is 19.6. The van der Waals surface area contributed by atoms with Crippen LogP contribution in [0.15, 0.2) is 18.2 Å². The molecule has 0 spiro atoms. The van der Waals surface area contributed by atoms with Crippen molar-refractivity contribution >= 4 is 42.4 Å². The zero-order chi connectivity index (χ0) is 16.4. The van der Waals surface area contributed by atoms with Crippen LogP contribution < -0.4 is 4.90 Å². The van der Waals surface area contributed by atoms with E-state index in [2.05, 4.69) is 0 Å². The van der Waals surface area contributed by atoms with Crippen LogP contribution in [-0.4, -0.2) is 61.3 Å². The molecule has 1 amide bonds. The van der Waals surface area contributed by atoms with Crippen molar-refractivity contribution in [2.45, 2.75) is 6.42 Å². The van der Waals surface area contributed by atoms with Crippen LogP contribution in [0.1, 0.15) is 16.8 Å². The average molecular weight is 395 g/mol. The van der Waals surface area contributed by atoms with Crippen LogP contribution in [0.2, 0.25) is 0 Å². The van der Waals surface area contributed by atoms with E-state index in [1.54, 1.807) is 12.1 Å². The summed E-state index contributed by atoms with van der Waals surface area (Å²) in [5.74, 6) is -2.18. The number of likely N-dealkylation sites (tertiary alicyclic amines) is 1. The molecule has 0 radical (unpaired) electrons. The highest BCUT2D eigenvalue weighted by atomic mass is 35.5. The average Bonchev–Trinajstić information content (AvgIpc) is 3.05. The monoisotopic (exact) mass is 394 g/mol. The molecule has 2 aliphatic rings. The molecule has 2 heterocycles. The summed E-state index contributed by atoms with van der Waals surface area (Å²) in [7, 11) is 0. The van der Waals surface area contributed by atoms with Crippen molar-refractivity contribution in [3.8, 4) is 0 Å². The van der Waals surface area contributed by atoms with Crippen LogP contribution >= 0.6 is 24.8 Å². The van der Waals surface area contributed by atoms with Gasteiger partial charge in [0.2, 0.25) is 0 Å². The first kappa shape index (κ1) is 21.5. The zero-order valence-corrected chi connectivity index (χ0v) is 15.2. The summed E-state index contributed by atoms with van der Waals surface area (Å²) in [6.45, 7) is 2.94. The number of ether oxygens (including phenoxy) is 1. The highest BCUT2D eigenvalue weighted by Gasteiger charge is 2.31. The molecule has 2 fully saturated rings. The van der Waals surface area contributed by atoms with Gasteiger partial charge in [0.1, 0.15) is 5.82 Å². The van der Waals surface area contributed by atoms with Crippen molar-refractivity contribution in [3.05, 3.63) is 29.6 Å². The van der Waals surface area contributed by atoms with Gasteiger partial charge in [-0.3, -0.25) is 9.59 Å². The summed E-state index contributed by atoms with van der Waals surface area (Å²) in [6, 6.07) is 4.45. The standard InChI is InChI=1S/C16H19FN2O4.2ClH/c17-13-9-11(1-2-14(13)18-5-7-23-8-6-18)15(20)19-4-3-12(10-19)16(21)22;;/h1-2,9,12H,3-8,10H2,(H,21,22);2*1H. The number of hydrogen-bond donors (Lipinski definition) is 1. The number of carboxylic acid groups (broad SMARTS) is 1. The Morgan fingerprint density at radius 1 is 1.16 bits per heavy atom. The number of hydrogen-bond acceptors (Lipinski definition) is 4.